The lowest BCUT2D eigenvalue weighted by atomic mass is 10.0. The molecule has 0 atom stereocenters. The van der Waals surface area contributed by atoms with E-state index < -0.39 is 0 Å². The van der Waals surface area contributed by atoms with Gasteiger partial charge in [-0.3, -0.25) is 0 Å². The molecule has 4 rings (SSSR count). The molecule has 164 valence electrons. The van der Waals surface area contributed by atoms with E-state index in [9.17, 15) is 10.2 Å². The lowest BCUT2D eigenvalue weighted by molar-refractivity contribution is 0.463. The average molecular weight is 466 g/mol. The zero-order valence-electron chi connectivity index (χ0n) is 17.5. The Hall–Kier alpha value is -2.98. The minimum atomic E-state index is 0.147. The molecule has 0 aliphatic rings. The molecule has 3 N–H and O–H groups in total. The summed E-state index contributed by atoms with van der Waals surface area (Å²) in [7, 11) is 0. The van der Waals surface area contributed by atoms with Gasteiger partial charge >= 0.3 is 0 Å². The molecular formula is C27H25Cl2NO2. The second kappa shape index (κ2) is 12.2. The Morgan fingerprint density at radius 1 is 0.562 bits per heavy atom. The highest BCUT2D eigenvalue weighted by Crippen LogP contribution is 2.29. The van der Waals surface area contributed by atoms with E-state index in [-0.39, 0.29) is 11.5 Å². The maximum Gasteiger partial charge on any atom is 0.119 e. The fraction of sp³-hybridized carbons (Fsp3) is 0.111. The number of phenolic OH excluding ortho intramolecular Hbond substituents is 2. The molecule has 0 bridgehead atoms. The van der Waals surface area contributed by atoms with Crippen molar-refractivity contribution in [2.75, 3.05) is 0 Å². The van der Waals surface area contributed by atoms with E-state index in [0.717, 1.165) is 13.1 Å². The van der Waals surface area contributed by atoms with E-state index in [1.165, 1.54) is 23.3 Å². The molecule has 0 heterocycles. The Kier molecular flexibility index (Phi) is 9.00. The fourth-order valence-corrected chi connectivity index (χ4v) is 3.53. The number of aromatic hydroxyl groups is 2. The molecule has 0 saturated carbocycles. The summed E-state index contributed by atoms with van der Waals surface area (Å²) in [6, 6.07) is 30.5. The van der Waals surface area contributed by atoms with Crippen LogP contribution in [0.1, 0.15) is 22.3 Å². The third-order valence-electron chi connectivity index (χ3n) is 4.81. The van der Waals surface area contributed by atoms with Crippen LogP contribution in [-0.4, -0.2) is 10.2 Å². The summed E-state index contributed by atoms with van der Waals surface area (Å²) >= 11 is 11.7. The van der Waals surface area contributed by atoms with Gasteiger partial charge in [-0.25, -0.2) is 0 Å². The molecule has 32 heavy (non-hydrogen) atoms. The normalized spacial score (nSPS) is 10.3. The van der Waals surface area contributed by atoms with E-state index in [1.54, 1.807) is 24.3 Å². The molecule has 0 aliphatic carbocycles. The largest absolute Gasteiger partial charge is 0.508 e. The molecule has 0 unspecified atom stereocenters. The van der Waals surface area contributed by atoms with Crippen molar-refractivity contribution in [3.8, 4) is 11.5 Å². The highest BCUT2D eigenvalue weighted by atomic mass is 35.5. The van der Waals surface area contributed by atoms with Crippen molar-refractivity contribution in [3.63, 3.8) is 0 Å². The van der Waals surface area contributed by atoms with Crippen molar-refractivity contribution in [1.29, 1.82) is 0 Å². The standard InChI is InChI=1S/C14H15N.C13H10Cl2O2/c1-3-7-13(8-4-1)11-15-12-14-9-5-2-6-10-14;14-10-1-3-12(16)8(6-10)5-9-7-11(15)2-4-13(9)17/h1-10,15H,11-12H2;1-4,6-7,16-17H,5H2. The fourth-order valence-electron chi connectivity index (χ4n) is 3.14. The minimum absolute atomic E-state index is 0.147. The van der Waals surface area contributed by atoms with Crippen LogP contribution in [-0.2, 0) is 19.5 Å². The van der Waals surface area contributed by atoms with Gasteiger partial charge in [0.25, 0.3) is 0 Å². The van der Waals surface area contributed by atoms with Crippen LogP contribution >= 0.6 is 23.2 Å². The van der Waals surface area contributed by atoms with Gasteiger partial charge in [-0.05, 0) is 58.7 Å². The zero-order chi connectivity index (χ0) is 22.8. The number of hydrogen-bond donors (Lipinski definition) is 3. The minimum Gasteiger partial charge on any atom is -0.508 e. The number of phenols is 2. The molecule has 0 aromatic heterocycles. The summed E-state index contributed by atoms with van der Waals surface area (Å²) in [5, 5.41) is 23.9. The molecule has 0 saturated heterocycles. The first-order chi connectivity index (χ1) is 15.5. The first kappa shape index (κ1) is 23.7. The summed E-state index contributed by atoms with van der Waals surface area (Å²) in [5.74, 6) is 0.294. The number of hydrogen-bond acceptors (Lipinski definition) is 3. The van der Waals surface area contributed by atoms with Crippen molar-refractivity contribution in [2.24, 2.45) is 0 Å². The molecular weight excluding hydrogens is 441 g/mol. The van der Waals surface area contributed by atoms with Crippen molar-refractivity contribution in [2.45, 2.75) is 19.5 Å². The third kappa shape index (κ3) is 7.61. The number of rotatable bonds is 6. The molecule has 0 radical (unpaired) electrons. The summed E-state index contributed by atoms with van der Waals surface area (Å²) in [5.41, 5.74) is 3.95. The van der Waals surface area contributed by atoms with Gasteiger partial charge < -0.3 is 15.5 Å². The molecule has 0 fully saturated rings. The predicted octanol–water partition coefficient (Wildman–Crippen LogP) is 6.97. The highest BCUT2D eigenvalue weighted by Gasteiger charge is 2.07. The van der Waals surface area contributed by atoms with E-state index in [0.29, 0.717) is 27.6 Å². The predicted molar refractivity (Wildman–Crippen MR) is 132 cm³/mol. The van der Waals surface area contributed by atoms with Gasteiger partial charge in [0.15, 0.2) is 0 Å². The van der Waals surface area contributed by atoms with Gasteiger partial charge in [0.05, 0.1) is 0 Å². The SMILES string of the molecule is Oc1ccc(Cl)cc1Cc1cc(Cl)ccc1O.c1ccc(CNCc2ccccc2)cc1. The Morgan fingerprint density at radius 2 is 0.969 bits per heavy atom. The molecule has 0 spiro atoms. The summed E-state index contributed by atoms with van der Waals surface area (Å²) in [4.78, 5) is 0. The van der Waals surface area contributed by atoms with Crippen LogP contribution in [0.15, 0.2) is 97.1 Å². The molecule has 4 aromatic rings. The van der Waals surface area contributed by atoms with Crippen molar-refractivity contribution in [3.05, 3.63) is 129 Å². The zero-order valence-corrected chi connectivity index (χ0v) is 19.0. The van der Waals surface area contributed by atoms with Crippen molar-refractivity contribution >= 4 is 23.2 Å². The number of nitrogens with one attached hydrogen (secondary N) is 1. The van der Waals surface area contributed by atoms with Gasteiger partial charge in [0, 0.05) is 29.6 Å². The second-order valence-electron chi connectivity index (χ2n) is 7.30. The maximum absolute atomic E-state index is 9.68. The van der Waals surface area contributed by atoms with Crippen LogP contribution < -0.4 is 5.32 Å². The Labute approximate surface area is 198 Å². The van der Waals surface area contributed by atoms with Crippen LogP contribution in [0.4, 0.5) is 0 Å². The first-order valence-corrected chi connectivity index (χ1v) is 11.0. The molecule has 0 aliphatic heterocycles. The van der Waals surface area contributed by atoms with Gasteiger partial charge in [-0.2, -0.15) is 0 Å². The lowest BCUT2D eigenvalue weighted by Gasteiger charge is -2.07. The van der Waals surface area contributed by atoms with Crippen LogP contribution in [0.3, 0.4) is 0 Å². The first-order valence-electron chi connectivity index (χ1n) is 10.2. The molecule has 5 heteroatoms. The van der Waals surface area contributed by atoms with Crippen LogP contribution in [0.25, 0.3) is 0 Å². The van der Waals surface area contributed by atoms with Gasteiger partial charge in [-0.15, -0.1) is 0 Å². The second-order valence-corrected chi connectivity index (χ2v) is 8.17. The van der Waals surface area contributed by atoms with E-state index in [2.05, 4.69) is 53.8 Å². The molecule has 3 nitrogen and oxygen atoms in total. The van der Waals surface area contributed by atoms with Crippen LogP contribution in [0.2, 0.25) is 10.0 Å². The van der Waals surface area contributed by atoms with Crippen molar-refractivity contribution < 1.29 is 10.2 Å². The molecule has 0 amide bonds. The topological polar surface area (TPSA) is 52.5 Å². The third-order valence-corrected chi connectivity index (χ3v) is 5.28. The Balaban J connectivity index is 0.000000182. The Bertz CT molecular complexity index is 1030. The Morgan fingerprint density at radius 3 is 1.38 bits per heavy atom. The monoisotopic (exact) mass is 465 g/mol. The number of benzene rings is 4. The molecule has 4 aromatic carbocycles. The van der Waals surface area contributed by atoms with E-state index >= 15 is 0 Å². The van der Waals surface area contributed by atoms with Gasteiger partial charge in [-0.1, -0.05) is 83.9 Å². The van der Waals surface area contributed by atoms with Gasteiger partial charge in [0.2, 0.25) is 0 Å². The van der Waals surface area contributed by atoms with Gasteiger partial charge in [0.1, 0.15) is 11.5 Å². The number of halogens is 2. The van der Waals surface area contributed by atoms with E-state index in [1.807, 2.05) is 12.1 Å². The quantitative estimate of drug-likeness (QED) is 0.288. The maximum atomic E-state index is 9.68. The van der Waals surface area contributed by atoms with E-state index in [4.69, 9.17) is 23.2 Å². The average Bonchev–Trinajstić information content (AvgIpc) is 2.81. The van der Waals surface area contributed by atoms with Crippen LogP contribution in [0, 0.1) is 0 Å². The van der Waals surface area contributed by atoms with Crippen LogP contribution in [0.5, 0.6) is 11.5 Å². The smallest absolute Gasteiger partial charge is 0.119 e. The van der Waals surface area contributed by atoms with Crippen molar-refractivity contribution in [1.82, 2.24) is 5.32 Å². The lowest BCUT2D eigenvalue weighted by Crippen LogP contribution is -2.12. The summed E-state index contributed by atoms with van der Waals surface area (Å²) < 4.78 is 0. The summed E-state index contributed by atoms with van der Waals surface area (Å²) in [6.45, 7) is 1.85. The summed E-state index contributed by atoms with van der Waals surface area (Å²) in [6.07, 6.45) is 0.374. The highest BCUT2D eigenvalue weighted by molar-refractivity contribution is 6.31.